The minimum absolute atomic E-state index is 0.250. The maximum absolute atomic E-state index is 13.9. The third kappa shape index (κ3) is 3.36. The number of amides is 1. The average molecular weight is 337 g/mol. The molecule has 2 aromatic carbocycles. The Morgan fingerprint density at radius 2 is 1.90 bits per heavy atom. The Labute approximate surface area is 125 Å². The van der Waals surface area contributed by atoms with Gasteiger partial charge in [-0.3, -0.25) is 4.79 Å². The summed E-state index contributed by atoms with van der Waals surface area (Å²) in [5.41, 5.74) is 7.20. The highest BCUT2D eigenvalue weighted by Crippen LogP contribution is 2.24. The van der Waals surface area contributed by atoms with Crippen LogP contribution < -0.4 is 11.1 Å². The molecule has 1 amide bonds. The number of nitrogens with one attached hydrogen (secondary N) is 1. The van der Waals surface area contributed by atoms with Gasteiger partial charge in [-0.05, 0) is 37.3 Å². The molecule has 5 heteroatoms. The average Bonchev–Trinajstić information content (AvgIpc) is 2.41. The van der Waals surface area contributed by atoms with Crippen molar-refractivity contribution >= 4 is 27.5 Å². The lowest BCUT2D eigenvalue weighted by molar-refractivity contribution is -0.118. The van der Waals surface area contributed by atoms with Crippen LogP contribution in [0.1, 0.15) is 17.2 Å². The lowest BCUT2D eigenvalue weighted by Gasteiger charge is -2.18. The van der Waals surface area contributed by atoms with Crippen LogP contribution in [0.25, 0.3) is 0 Å². The van der Waals surface area contributed by atoms with Gasteiger partial charge in [0.1, 0.15) is 11.9 Å². The smallest absolute Gasteiger partial charge is 0.244 e. The number of carbonyl (C=O) groups is 1. The van der Waals surface area contributed by atoms with Gasteiger partial charge in [0.15, 0.2) is 0 Å². The fourth-order valence-electron chi connectivity index (χ4n) is 1.90. The molecule has 0 bridgehead atoms. The molecule has 20 heavy (non-hydrogen) atoms. The summed E-state index contributed by atoms with van der Waals surface area (Å²) in [6.07, 6.45) is 0. The number of carbonyl (C=O) groups excluding carboxylic acids is 1. The summed E-state index contributed by atoms with van der Waals surface area (Å²) >= 11 is 3.33. The molecule has 104 valence electrons. The first kappa shape index (κ1) is 14.5. The summed E-state index contributed by atoms with van der Waals surface area (Å²) in [4.78, 5) is 11.6. The first-order valence-electron chi connectivity index (χ1n) is 6.05. The van der Waals surface area contributed by atoms with E-state index in [1.807, 2.05) is 19.1 Å². The summed E-state index contributed by atoms with van der Waals surface area (Å²) in [6.45, 7) is 1.83. The molecule has 3 nitrogen and oxygen atoms in total. The SMILES string of the molecule is Cc1ccc(F)c(C(Nc2ccc(Br)cc2)C(N)=O)c1. The maximum atomic E-state index is 13.9. The molecule has 1 unspecified atom stereocenters. The molecule has 0 fully saturated rings. The molecule has 0 spiro atoms. The molecule has 3 N–H and O–H groups in total. The number of primary amides is 1. The fraction of sp³-hybridized carbons (Fsp3) is 0.133. The van der Waals surface area contributed by atoms with Gasteiger partial charge in [-0.1, -0.05) is 33.6 Å². The van der Waals surface area contributed by atoms with Crippen molar-refractivity contribution in [2.24, 2.45) is 5.73 Å². The molecular formula is C15H14BrFN2O. The van der Waals surface area contributed by atoms with E-state index in [1.54, 1.807) is 24.3 Å². The van der Waals surface area contributed by atoms with Gasteiger partial charge >= 0.3 is 0 Å². The van der Waals surface area contributed by atoms with Gasteiger partial charge in [-0.15, -0.1) is 0 Å². The van der Waals surface area contributed by atoms with Crippen LogP contribution in [0, 0.1) is 12.7 Å². The Morgan fingerprint density at radius 3 is 2.50 bits per heavy atom. The highest BCUT2D eigenvalue weighted by atomic mass is 79.9. The highest BCUT2D eigenvalue weighted by Gasteiger charge is 2.21. The number of nitrogens with two attached hydrogens (primary N) is 1. The molecule has 1 atom stereocenters. The van der Waals surface area contributed by atoms with E-state index in [9.17, 15) is 9.18 Å². The van der Waals surface area contributed by atoms with Crippen LogP contribution in [-0.2, 0) is 4.79 Å². The Balaban J connectivity index is 2.34. The van der Waals surface area contributed by atoms with Crippen LogP contribution in [0.2, 0.25) is 0 Å². The van der Waals surface area contributed by atoms with Crippen molar-refractivity contribution in [3.63, 3.8) is 0 Å². The monoisotopic (exact) mass is 336 g/mol. The molecule has 0 aliphatic carbocycles. The molecular weight excluding hydrogens is 323 g/mol. The lowest BCUT2D eigenvalue weighted by atomic mass is 10.0. The second-order valence-corrected chi connectivity index (χ2v) is 5.43. The van der Waals surface area contributed by atoms with Gasteiger partial charge < -0.3 is 11.1 Å². The van der Waals surface area contributed by atoms with Gasteiger partial charge in [0, 0.05) is 15.7 Å². The van der Waals surface area contributed by atoms with Crippen LogP contribution in [0.15, 0.2) is 46.9 Å². The maximum Gasteiger partial charge on any atom is 0.244 e. The van der Waals surface area contributed by atoms with Crippen LogP contribution in [-0.4, -0.2) is 5.91 Å². The van der Waals surface area contributed by atoms with Crippen LogP contribution in [0.5, 0.6) is 0 Å². The van der Waals surface area contributed by atoms with E-state index in [0.29, 0.717) is 5.69 Å². The van der Waals surface area contributed by atoms with Crippen molar-refractivity contribution in [3.8, 4) is 0 Å². The summed E-state index contributed by atoms with van der Waals surface area (Å²) in [7, 11) is 0. The summed E-state index contributed by atoms with van der Waals surface area (Å²) in [5.74, 6) is -1.08. The molecule has 2 aromatic rings. The topological polar surface area (TPSA) is 55.1 Å². The van der Waals surface area contributed by atoms with E-state index in [-0.39, 0.29) is 5.56 Å². The summed E-state index contributed by atoms with van der Waals surface area (Å²) in [5, 5.41) is 2.95. The number of hydrogen-bond donors (Lipinski definition) is 2. The van der Waals surface area contributed by atoms with Crippen LogP contribution in [0.4, 0.5) is 10.1 Å². The fourth-order valence-corrected chi connectivity index (χ4v) is 2.16. The molecule has 0 aromatic heterocycles. The Kier molecular flexibility index (Phi) is 4.39. The third-order valence-electron chi connectivity index (χ3n) is 2.90. The quantitative estimate of drug-likeness (QED) is 0.897. The highest BCUT2D eigenvalue weighted by molar-refractivity contribution is 9.10. The standard InChI is InChI=1S/C15H14BrFN2O/c1-9-2-7-13(17)12(8-9)14(15(18)20)19-11-5-3-10(16)4-6-11/h2-8,14,19H,1H3,(H2,18,20). The van der Waals surface area contributed by atoms with E-state index >= 15 is 0 Å². The molecule has 0 saturated heterocycles. The number of benzene rings is 2. The molecule has 0 saturated carbocycles. The Bertz CT molecular complexity index is 628. The van der Waals surface area contributed by atoms with Crippen molar-refractivity contribution in [2.75, 3.05) is 5.32 Å². The van der Waals surface area contributed by atoms with Crippen LogP contribution in [0.3, 0.4) is 0 Å². The van der Waals surface area contributed by atoms with Gasteiger partial charge in [0.05, 0.1) is 0 Å². The van der Waals surface area contributed by atoms with E-state index in [2.05, 4.69) is 21.2 Å². The summed E-state index contributed by atoms with van der Waals surface area (Å²) in [6, 6.07) is 10.9. The predicted octanol–water partition coefficient (Wildman–Crippen LogP) is 3.54. The van der Waals surface area contributed by atoms with Gasteiger partial charge in [0.25, 0.3) is 0 Å². The zero-order valence-corrected chi connectivity index (χ0v) is 12.4. The minimum Gasteiger partial charge on any atom is -0.370 e. The van der Waals surface area contributed by atoms with E-state index in [0.717, 1.165) is 10.0 Å². The minimum atomic E-state index is -0.906. The number of anilines is 1. The van der Waals surface area contributed by atoms with E-state index in [4.69, 9.17) is 5.73 Å². The number of halogens is 2. The molecule has 2 rings (SSSR count). The zero-order valence-electron chi connectivity index (χ0n) is 10.9. The zero-order chi connectivity index (χ0) is 14.7. The largest absolute Gasteiger partial charge is 0.370 e. The summed E-state index contributed by atoms with van der Waals surface area (Å²) < 4.78 is 14.8. The number of hydrogen-bond acceptors (Lipinski definition) is 2. The van der Waals surface area contributed by atoms with Gasteiger partial charge in [-0.2, -0.15) is 0 Å². The second kappa shape index (κ2) is 6.05. The van der Waals surface area contributed by atoms with Gasteiger partial charge in [0.2, 0.25) is 5.91 Å². The predicted molar refractivity (Wildman–Crippen MR) is 80.8 cm³/mol. The number of rotatable bonds is 4. The molecule has 0 heterocycles. The first-order valence-corrected chi connectivity index (χ1v) is 6.84. The van der Waals surface area contributed by atoms with Crippen molar-refractivity contribution in [2.45, 2.75) is 13.0 Å². The van der Waals surface area contributed by atoms with E-state index < -0.39 is 17.8 Å². The Morgan fingerprint density at radius 1 is 1.25 bits per heavy atom. The normalized spacial score (nSPS) is 11.9. The van der Waals surface area contributed by atoms with Gasteiger partial charge in [-0.25, -0.2) is 4.39 Å². The second-order valence-electron chi connectivity index (χ2n) is 4.51. The Hall–Kier alpha value is -1.88. The third-order valence-corrected chi connectivity index (χ3v) is 3.43. The lowest BCUT2D eigenvalue weighted by Crippen LogP contribution is -2.28. The van der Waals surface area contributed by atoms with Crippen molar-refractivity contribution in [3.05, 3.63) is 63.9 Å². The van der Waals surface area contributed by atoms with Crippen molar-refractivity contribution in [1.29, 1.82) is 0 Å². The van der Waals surface area contributed by atoms with Crippen molar-refractivity contribution < 1.29 is 9.18 Å². The van der Waals surface area contributed by atoms with E-state index in [1.165, 1.54) is 6.07 Å². The molecule has 0 radical (unpaired) electrons. The van der Waals surface area contributed by atoms with Crippen LogP contribution >= 0.6 is 15.9 Å². The first-order chi connectivity index (χ1) is 9.47. The number of aryl methyl sites for hydroxylation is 1. The molecule has 0 aliphatic rings. The van der Waals surface area contributed by atoms with Crippen molar-refractivity contribution in [1.82, 2.24) is 0 Å². The molecule has 0 aliphatic heterocycles.